The Morgan fingerprint density at radius 1 is 1.08 bits per heavy atom. The lowest BCUT2D eigenvalue weighted by Crippen LogP contribution is -2.41. The maximum atomic E-state index is 13.0. The van der Waals surface area contributed by atoms with E-state index in [0.717, 1.165) is 5.69 Å². The lowest BCUT2D eigenvalue weighted by molar-refractivity contribution is 0.0203. The number of aromatic nitrogens is 3. The van der Waals surface area contributed by atoms with Crippen LogP contribution in [-0.2, 0) is 4.74 Å². The Morgan fingerprint density at radius 3 is 2.53 bits per heavy atom. The molecule has 1 saturated heterocycles. The van der Waals surface area contributed by atoms with Gasteiger partial charge in [0.15, 0.2) is 0 Å². The van der Waals surface area contributed by atoms with Crippen LogP contribution in [0.3, 0.4) is 0 Å². The first-order valence-corrected chi connectivity index (χ1v) is 12.6. The fraction of sp³-hybridized carbons (Fsp3) is 0.357. The summed E-state index contributed by atoms with van der Waals surface area (Å²) in [6, 6.07) is 13.9. The molecule has 0 atom stereocenters. The Morgan fingerprint density at radius 2 is 1.82 bits per heavy atom. The number of amides is 2. The molecule has 4 aromatic rings. The second-order valence-corrected chi connectivity index (χ2v) is 10.4. The van der Waals surface area contributed by atoms with Crippen LogP contribution in [0, 0.1) is 0 Å². The number of nitrogens with one attached hydrogen (secondary N) is 2. The first kappa shape index (κ1) is 25.3. The average molecular weight is 518 g/mol. The molecule has 2 aromatic heterocycles. The van der Waals surface area contributed by atoms with Crippen LogP contribution in [0.2, 0.25) is 0 Å². The van der Waals surface area contributed by atoms with Crippen molar-refractivity contribution < 1.29 is 19.1 Å². The van der Waals surface area contributed by atoms with E-state index in [2.05, 4.69) is 10.3 Å². The second-order valence-electron chi connectivity index (χ2n) is 10.4. The van der Waals surface area contributed by atoms with Crippen molar-refractivity contribution in [2.75, 3.05) is 25.5 Å². The van der Waals surface area contributed by atoms with Gasteiger partial charge >= 0.3 is 6.09 Å². The molecule has 0 aliphatic carbocycles. The maximum Gasteiger partial charge on any atom is 0.410 e. The van der Waals surface area contributed by atoms with Gasteiger partial charge in [-0.25, -0.2) is 9.31 Å². The highest BCUT2D eigenvalue weighted by atomic mass is 16.6. The standard InChI is InChI=1S/C28H31N5O5/c1-28(2,3)38-27(36)32-13-11-17(12-14-32)22-16-23(34)30-25-24-20(9-6-10-21(24)31-33(22)25)29-26(35)18-7-5-8-19(15-18)37-4/h5-10,15-17H,11-14H2,1-4H3,(H,29,35)(H,30,34). The first-order chi connectivity index (χ1) is 18.1. The number of ether oxygens (including phenoxy) is 2. The van der Waals surface area contributed by atoms with E-state index in [1.165, 1.54) is 0 Å². The van der Waals surface area contributed by atoms with Crippen molar-refractivity contribution in [3.05, 3.63) is 70.1 Å². The Hall–Kier alpha value is -4.34. The van der Waals surface area contributed by atoms with E-state index in [1.807, 2.05) is 32.9 Å². The molecule has 2 aromatic carbocycles. The Balaban J connectivity index is 1.46. The van der Waals surface area contributed by atoms with Crippen molar-refractivity contribution in [2.24, 2.45) is 0 Å². The van der Waals surface area contributed by atoms with Crippen molar-refractivity contribution in [2.45, 2.75) is 45.1 Å². The van der Waals surface area contributed by atoms with E-state index in [9.17, 15) is 14.4 Å². The molecule has 0 radical (unpaired) electrons. The zero-order valence-corrected chi connectivity index (χ0v) is 21.9. The van der Waals surface area contributed by atoms with E-state index in [-0.39, 0.29) is 23.5 Å². The van der Waals surface area contributed by atoms with Crippen LogP contribution >= 0.6 is 0 Å². The van der Waals surface area contributed by atoms with Crippen LogP contribution in [0.25, 0.3) is 16.6 Å². The van der Waals surface area contributed by atoms with Crippen LogP contribution in [0.1, 0.15) is 55.6 Å². The Labute approximate surface area is 219 Å². The van der Waals surface area contributed by atoms with E-state index >= 15 is 0 Å². The van der Waals surface area contributed by atoms with E-state index in [0.29, 0.717) is 59.5 Å². The van der Waals surface area contributed by atoms with Crippen molar-refractivity contribution in [1.82, 2.24) is 19.5 Å². The van der Waals surface area contributed by atoms with Crippen LogP contribution in [-0.4, -0.2) is 57.3 Å². The van der Waals surface area contributed by atoms with Crippen LogP contribution in [0.15, 0.2) is 53.3 Å². The third-order valence-electron chi connectivity index (χ3n) is 6.61. The topological polar surface area (TPSA) is 118 Å². The summed E-state index contributed by atoms with van der Waals surface area (Å²) in [5.41, 5.74) is 2.11. The monoisotopic (exact) mass is 517 g/mol. The molecule has 3 heterocycles. The van der Waals surface area contributed by atoms with Crippen LogP contribution in [0.5, 0.6) is 5.75 Å². The molecule has 1 aliphatic rings. The molecule has 2 amide bonds. The number of nitrogens with zero attached hydrogens (tertiary/aromatic N) is 3. The lowest BCUT2D eigenvalue weighted by atomic mass is 9.93. The zero-order valence-electron chi connectivity index (χ0n) is 21.9. The Bertz CT molecular complexity index is 1570. The smallest absolute Gasteiger partial charge is 0.410 e. The zero-order chi connectivity index (χ0) is 27.0. The summed E-state index contributed by atoms with van der Waals surface area (Å²) in [6.45, 7) is 6.59. The summed E-state index contributed by atoms with van der Waals surface area (Å²) in [4.78, 5) is 42.9. The van der Waals surface area contributed by atoms with Gasteiger partial charge in [0.05, 0.1) is 29.4 Å². The summed E-state index contributed by atoms with van der Waals surface area (Å²) >= 11 is 0. The predicted octanol–water partition coefficient (Wildman–Crippen LogP) is 4.55. The molecule has 198 valence electrons. The fourth-order valence-corrected chi connectivity index (χ4v) is 4.82. The predicted molar refractivity (Wildman–Crippen MR) is 144 cm³/mol. The number of fused-ring (bicyclic) bond motifs is 3. The fourth-order valence-electron chi connectivity index (χ4n) is 4.82. The number of aromatic amines is 1. The number of carbonyl (C=O) groups is 2. The average Bonchev–Trinajstić information content (AvgIpc) is 3.26. The van der Waals surface area contributed by atoms with Gasteiger partial charge in [-0.2, -0.15) is 5.10 Å². The first-order valence-electron chi connectivity index (χ1n) is 12.6. The molecule has 1 fully saturated rings. The molecule has 10 nitrogen and oxygen atoms in total. The molecule has 0 unspecified atom stereocenters. The number of rotatable bonds is 4. The number of hydrogen-bond acceptors (Lipinski definition) is 6. The molecule has 38 heavy (non-hydrogen) atoms. The van der Waals surface area contributed by atoms with Gasteiger partial charge in [-0.1, -0.05) is 12.1 Å². The number of anilines is 1. The van der Waals surface area contributed by atoms with Gasteiger partial charge in [-0.05, 0) is 63.9 Å². The van der Waals surface area contributed by atoms with Crippen molar-refractivity contribution in [3.8, 4) is 5.75 Å². The van der Waals surface area contributed by atoms with Gasteiger partial charge in [0, 0.05) is 30.6 Å². The maximum absolute atomic E-state index is 13.0. The summed E-state index contributed by atoms with van der Waals surface area (Å²) in [5.74, 6) is 0.310. The van der Waals surface area contributed by atoms with Gasteiger partial charge in [0.2, 0.25) is 0 Å². The minimum atomic E-state index is -0.554. The van der Waals surface area contributed by atoms with E-state index in [1.54, 1.807) is 52.9 Å². The van der Waals surface area contributed by atoms with Crippen molar-refractivity contribution in [3.63, 3.8) is 0 Å². The number of hydrogen-bond donors (Lipinski definition) is 2. The molecule has 5 rings (SSSR count). The van der Waals surface area contributed by atoms with E-state index < -0.39 is 5.60 Å². The highest BCUT2D eigenvalue weighted by Crippen LogP contribution is 2.32. The molecule has 2 N–H and O–H groups in total. The van der Waals surface area contributed by atoms with Gasteiger partial charge in [-0.3, -0.25) is 9.59 Å². The Kier molecular flexibility index (Phi) is 6.56. The quantitative estimate of drug-likeness (QED) is 0.410. The van der Waals surface area contributed by atoms with Crippen LogP contribution < -0.4 is 15.6 Å². The third kappa shape index (κ3) is 5.06. The molecular weight excluding hydrogens is 486 g/mol. The lowest BCUT2D eigenvalue weighted by Gasteiger charge is -2.33. The van der Waals surface area contributed by atoms with Crippen molar-refractivity contribution in [1.29, 1.82) is 0 Å². The number of likely N-dealkylation sites (tertiary alicyclic amines) is 1. The molecule has 0 spiro atoms. The van der Waals surface area contributed by atoms with Gasteiger partial charge < -0.3 is 24.7 Å². The highest BCUT2D eigenvalue weighted by Gasteiger charge is 2.29. The molecular formula is C28H31N5O5. The number of piperidine rings is 1. The minimum Gasteiger partial charge on any atom is -0.497 e. The SMILES string of the molecule is COc1cccc(C(=O)Nc2cccc3nn4c(C5CCN(C(=O)OC(C)(C)C)CC5)cc(=O)[nH]c4c23)c1. The summed E-state index contributed by atoms with van der Waals surface area (Å²) in [5, 5.41) is 8.38. The van der Waals surface area contributed by atoms with E-state index in [4.69, 9.17) is 14.6 Å². The second kappa shape index (κ2) is 9.85. The summed E-state index contributed by atoms with van der Waals surface area (Å²) in [6.07, 6.45) is 1.02. The number of methoxy groups -OCH3 is 1. The molecule has 0 bridgehead atoms. The summed E-state index contributed by atoms with van der Waals surface area (Å²) in [7, 11) is 1.55. The minimum absolute atomic E-state index is 0.0302. The van der Waals surface area contributed by atoms with Crippen molar-refractivity contribution >= 4 is 34.2 Å². The van der Waals surface area contributed by atoms with Gasteiger partial charge in [0.25, 0.3) is 11.5 Å². The molecule has 1 aliphatic heterocycles. The highest BCUT2D eigenvalue weighted by molar-refractivity contribution is 6.12. The number of carbonyl (C=O) groups excluding carboxylic acids is 2. The molecule has 10 heteroatoms. The number of H-pyrrole nitrogens is 1. The normalized spacial score (nSPS) is 14.6. The summed E-state index contributed by atoms with van der Waals surface area (Å²) < 4.78 is 12.5. The largest absolute Gasteiger partial charge is 0.497 e. The third-order valence-corrected chi connectivity index (χ3v) is 6.61. The molecule has 0 saturated carbocycles. The van der Waals surface area contributed by atoms with Crippen LogP contribution in [0.4, 0.5) is 10.5 Å². The van der Waals surface area contributed by atoms with Gasteiger partial charge in [0.1, 0.15) is 17.0 Å². The van der Waals surface area contributed by atoms with Gasteiger partial charge in [-0.15, -0.1) is 0 Å². The number of benzene rings is 2.